The van der Waals surface area contributed by atoms with E-state index in [4.69, 9.17) is 11.6 Å². The minimum Gasteiger partial charge on any atom is -0.335 e. The average molecular weight is 648 g/mol. The summed E-state index contributed by atoms with van der Waals surface area (Å²) in [5.74, 6) is 0.238. The van der Waals surface area contributed by atoms with Crippen LogP contribution in [0.15, 0.2) is 54.6 Å². The van der Waals surface area contributed by atoms with Gasteiger partial charge in [-0.15, -0.1) is 0 Å². The summed E-state index contributed by atoms with van der Waals surface area (Å²) in [7, 11) is 0. The van der Waals surface area contributed by atoms with Gasteiger partial charge in [0.15, 0.2) is 0 Å². The van der Waals surface area contributed by atoms with Crippen LogP contribution >= 0.6 is 11.6 Å². The number of nitrogens with zero attached hydrogens (tertiary/aromatic N) is 4. The molecular weight excluding hydrogens is 594 g/mol. The minimum atomic E-state index is -0.283. The maximum absolute atomic E-state index is 14.6. The van der Waals surface area contributed by atoms with Gasteiger partial charge in [0, 0.05) is 68.0 Å². The molecule has 0 radical (unpaired) electrons. The predicted molar refractivity (Wildman–Crippen MR) is 186 cm³/mol. The summed E-state index contributed by atoms with van der Waals surface area (Å²) in [6.45, 7) is 8.57. The molecule has 2 aromatic rings. The van der Waals surface area contributed by atoms with Crippen LogP contribution in [0.5, 0.6) is 0 Å². The molecule has 4 aliphatic rings. The Morgan fingerprint density at radius 2 is 1.52 bits per heavy atom. The van der Waals surface area contributed by atoms with Crippen LogP contribution in [0.3, 0.4) is 0 Å². The van der Waals surface area contributed by atoms with Gasteiger partial charge in [-0.2, -0.15) is 0 Å². The molecule has 1 aliphatic carbocycles. The summed E-state index contributed by atoms with van der Waals surface area (Å²) in [5.41, 5.74) is 2.46. The SMILES string of the molecule is CCN(CC)C(=O)N(C1CCCCC1)C1CC2CCC(C1)N2C(=O)[C@@H](Cc1ccc(Cl)cc1)NC1CCN(Cc2ccccc2)C1. The molecule has 3 heterocycles. The molecule has 8 heteroatoms. The van der Waals surface area contributed by atoms with Gasteiger partial charge in [0.1, 0.15) is 0 Å². The predicted octanol–water partition coefficient (Wildman–Crippen LogP) is 6.73. The number of benzene rings is 2. The molecule has 7 nitrogen and oxygen atoms in total. The number of rotatable bonds is 11. The number of likely N-dealkylation sites (tertiary alicyclic amines) is 1. The third-order valence-electron chi connectivity index (χ3n) is 11.2. The molecule has 4 fully saturated rings. The second-order valence-corrected chi connectivity index (χ2v) is 14.6. The smallest absolute Gasteiger partial charge is 0.320 e. The van der Waals surface area contributed by atoms with Gasteiger partial charge in [-0.05, 0) is 88.5 Å². The number of carbonyl (C=O) groups is 2. The van der Waals surface area contributed by atoms with Crippen LogP contribution in [0, 0.1) is 0 Å². The van der Waals surface area contributed by atoms with E-state index in [2.05, 4.69) is 76.3 Å². The quantitative estimate of drug-likeness (QED) is 0.294. The molecule has 2 aromatic carbocycles. The van der Waals surface area contributed by atoms with Gasteiger partial charge in [-0.1, -0.05) is 73.3 Å². The molecule has 3 aliphatic heterocycles. The number of piperidine rings is 1. The highest BCUT2D eigenvalue weighted by atomic mass is 35.5. The summed E-state index contributed by atoms with van der Waals surface area (Å²) >= 11 is 6.23. The van der Waals surface area contributed by atoms with Crippen LogP contribution in [0.1, 0.15) is 89.2 Å². The zero-order valence-electron chi connectivity index (χ0n) is 28.0. The number of nitrogens with one attached hydrogen (secondary N) is 1. The fourth-order valence-corrected chi connectivity index (χ4v) is 8.98. The molecule has 0 aromatic heterocycles. The highest BCUT2D eigenvalue weighted by Crippen LogP contribution is 2.40. The molecule has 3 saturated heterocycles. The molecule has 1 N–H and O–H groups in total. The van der Waals surface area contributed by atoms with Gasteiger partial charge in [0.25, 0.3) is 0 Å². The Bertz CT molecular complexity index is 1270. The van der Waals surface area contributed by atoms with Gasteiger partial charge in [0.2, 0.25) is 5.91 Å². The van der Waals surface area contributed by atoms with E-state index in [9.17, 15) is 9.59 Å². The number of halogens is 1. The number of hydrogen-bond acceptors (Lipinski definition) is 4. The summed E-state index contributed by atoms with van der Waals surface area (Å²) in [5, 5.41) is 4.57. The number of fused-ring (bicyclic) bond motifs is 2. The van der Waals surface area contributed by atoms with Crippen molar-refractivity contribution in [3.63, 3.8) is 0 Å². The van der Waals surface area contributed by atoms with Gasteiger partial charge < -0.3 is 20.0 Å². The lowest BCUT2D eigenvalue weighted by Gasteiger charge is -2.48. The van der Waals surface area contributed by atoms with Crippen molar-refractivity contribution in [2.75, 3.05) is 26.2 Å². The van der Waals surface area contributed by atoms with E-state index in [0.717, 1.165) is 83.2 Å². The third-order valence-corrected chi connectivity index (χ3v) is 11.4. The topological polar surface area (TPSA) is 59.1 Å². The fraction of sp³-hybridized carbons (Fsp3) is 0.632. The van der Waals surface area contributed by atoms with Crippen molar-refractivity contribution < 1.29 is 9.59 Å². The van der Waals surface area contributed by atoms with Crippen molar-refractivity contribution in [3.8, 4) is 0 Å². The first-order valence-electron chi connectivity index (χ1n) is 18.1. The molecule has 6 rings (SSSR count). The van der Waals surface area contributed by atoms with E-state index in [1.807, 2.05) is 17.0 Å². The van der Waals surface area contributed by atoms with E-state index in [0.29, 0.717) is 17.5 Å². The Labute approximate surface area is 281 Å². The van der Waals surface area contributed by atoms with Crippen molar-refractivity contribution in [3.05, 3.63) is 70.7 Å². The second-order valence-electron chi connectivity index (χ2n) is 14.2. The molecule has 250 valence electrons. The number of urea groups is 1. The summed E-state index contributed by atoms with van der Waals surface area (Å²) < 4.78 is 0. The largest absolute Gasteiger partial charge is 0.335 e. The Hall–Kier alpha value is -2.61. The lowest BCUT2D eigenvalue weighted by atomic mass is 9.89. The summed E-state index contributed by atoms with van der Waals surface area (Å²) in [4.78, 5) is 37.7. The van der Waals surface area contributed by atoms with E-state index in [1.54, 1.807) is 0 Å². The minimum absolute atomic E-state index is 0.194. The van der Waals surface area contributed by atoms with Crippen LogP contribution < -0.4 is 5.32 Å². The van der Waals surface area contributed by atoms with Gasteiger partial charge in [-0.25, -0.2) is 4.79 Å². The number of carbonyl (C=O) groups excluding carboxylic acids is 2. The third kappa shape index (κ3) is 7.74. The van der Waals surface area contributed by atoms with Crippen LogP contribution in [0.4, 0.5) is 4.79 Å². The summed E-state index contributed by atoms with van der Waals surface area (Å²) in [6, 6.07) is 19.8. The average Bonchev–Trinajstić information content (AvgIpc) is 3.63. The molecule has 4 atom stereocenters. The Kier molecular flexibility index (Phi) is 11.2. The monoisotopic (exact) mass is 647 g/mol. The van der Waals surface area contributed by atoms with Crippen LogP contribution in [0.25, 0.3) is 0 Å². The zero-order chi connectivity index (χ0) is 32.0. The maximum atomic E-state index is 14.6. The normalized spacial score (nSPS) is 25.8. The molecule has 46 heavy (non-hydrogen) atoms. The standard InChI is InChI=1S/C38H54ClN5O2/c1-3-42(4-2)38(46)44(32-13-9-6-10-14-32)35-24-33-19-20-34(25-35)43(33)37(45)36(23-28-15-17-30(39)18-16-28)40-31-21-22-41(27-31)26-29-11-7-5-8-12-29/h5,7-8,11-12,15-18,31-36,40H,3-4,6,9-10,13-14,19-27H2,1-2H3/t31?,33?,34?,35?,36-/m1/s1. The van der Waals surface area contributed by atoms with Crippen LogP contribution in [-0.4, -0.2) is 94.0 Å². The van der Waals surface area contributed by atoms with Crippen molar-refractivity contribution in [2.24, 2.45) is 0 Å². The lowest BCUT2D eigenvalue weighted by Crippen LogP contribution is -2.61. The van der Waals surface area contributed by atoms with Gasteiger partial charge in [-0.3, -0.25) is 9.69 Å². The van der Waals surface area contributed by atoms with Gasteiger partial charge >= 0.3 is 6.03 Å². The fourth-order valence-electron chi connectivity index (χ4n) is 8.85. The van der Waals surface area contributed by atoms with Crippen LogP contribution in [-0.2, 0) is 17.8 Å². The van der Waals surface area contributed by atoms with Crippen LogP contribution in [0.2, 0.25) is 5.02 Å². The van der Waals surface area contributed by atoms with E-state index in [1.165, 1.54) is 24.8 Å². The first-order valence-corrected chi connectivity index (χ1v) is 18.5. The lowest BCUT2D eigenvalue weighted by molar-refractivity contribution is -0.139. The van der Waals surface area contributed by atoms with Crippen molar-refractivity contribution in [1.29, 1.82) is 0 Å². The Balaban J connectivity index is 1.17. The highest BCUT2D eigenvalue weighted by molar-refractivity contribution is 6.30. The zero-order valence-corrected chi connectivity index (χ0v) is 28.7. The number of amides is 3. The summed E-state index contributed by atoms with van der Waals surface area (Å²) in [6.07, 6.45) is 11.5. The van der Waals surface area contributed by atoms with Crippen molar-refractivity contribution >= 4 is 23.5 Å². The first kappa shape index (κ1) is 33.3. The van der Waals surface area contributed by atoms with E-state index >= 15 is 0 Å². The molecule has 0 spiro atoms. The van der Waals surface area contributed by atoms with Gasteiger partial charge in [0.05, 0.1) is 6.04 Å². The van der Waals surface area contributed by atoms with Crippen molar-refractivity contribution in [2.45, 2.75) is 127 Å². The molecular formula is C38H54ClN5O2. The van der Waals surface area contributed by atoms with E-state index < -0.39 is 0 Å². The molecule has 3 amide bonds. The molecule has 2 bridgehead atoms. The van der Waals surface area contributed by atoms with E-state index in [-0.39, 0.29) is 42.1 Å². The Morgan fingerprint density at radius 1 is 0.848 bits per heavy atom. The van der Waals surface area contributed by atoms with Crippen molar-refractivity contribution in [1.82, 2.24) is 24.9 Å². The molecule has 1 saturated carbocycles. The number of hydrogen-bond donors (Lipinski definition) is 1. The maximum Gasteiger partial charge on any atom is 0.320 e. The first-order chi connectivity index (χ1) is 22.4. The highest BCUT2D eigenvalue weighted by Gasteiger charge is 2.48. The Morgan fingerprint density at radius 3 is 2.17 bits per heavy atom. The molecule has 3 unspecified atom stereocenters. The second kappa shape index (κ2) is 15.5.